The van der Waals surface area contributed by atoms with Crippen molar-refractivity contribution >= 4 is 19.9 Å². The molecule has 0 amide bonds. The molecular formula is C20H25NO4S2. The summed E-state index contributed by atoms with van der Waals surface area (Å²) < 4.78 is 52.0. The Morgan fingerprint density at radius 2 is 1.67 bits per heavy atom. The van der Waals surface area contributed by atoms with E-state index in [1.165, 1.54) is 4.31 Å². The van der Waals surface area contributed by atoms with E-state index >= 15 is 0 Å². The van der Waals surface area contributed by atoms with Gasteiger partial charge < -0.3 is 0 Å². The van der Waals surface area contributed by atoms with E-state index in [1.54, 1.807) is 12.1 Å². The van der Waals surface area contributed by atoms with E-state index in [2.05, 4.69) is 13.8 Å². The molecule has 5 nitrogen and oxygen atoms in total. The summed E-state index contributed by atoms with van der Waals surface area (Å²) in [5, 5.41) is 0. The summed E-state index contributed by atoms with van der Waals surface area (Å²) in [7, 11) is -7.01. The molecule has 0 unspecified atom stereocenters. The van der Waals surface area contributed by atoms with Crippen LogP contribution in [0.25, 0.3) is 0 Å². The third-order valence-electron chi connectivity index (χ3n) is 4.95. The fourth-order valence-corrected chi connectivity index (χ4v) is 6.80. The Labute approximate surface area is 162 Å². The fraction of sp³-hybridized carbons (Fsp3) is 0.400. The lowest BCUT2D eigenvalue weighted by Crippen LogP contribution is -2.40. The number of nitrogens with zero attached hydrogens (tertiary/aromatic N) is 1. The van der Waals surface area contributed by atoms with Crippen LogP contribution in [0.4, 0.5) is 0 Å². The largest absolute Gasteiger partial charge is 0.243 e. The molecule has 7 heteroatoms. The van der Waals surface area contributed by atoms with Gasteiger partial charge in [-0.15, -0.1) is 0 Å². The molecule has 146 valence electrons. The minimum Gasteiger partial charge on any atom is -0.229 e. The monoisotopic (exact) mass is 407 g/mol. The van der Waals surface area contributed by atoms with Crippen LogP contribution in [0.2, 0.25) is 0 Å². The summed E-state index contributed by atoms with van der Waals surface area (Å²) in [4.78, 5) is 0.201. The molecule has 0 radical (unpaired) electrons. The minimum absolute atomic E-state index is 0.0325. The lowest BCUT2D eigenvalue weighted by molar-refractivity contribution is 0.334. The van der Waals surface area contributed by atoms with Crippen LogP contribution in [0, 0.1) is 0 Å². The Bertz CT molecular complexity index is 982. The third kappa shape index (κ3) is 4.59. The van der Waals surface area contributed by atoms with Crippen LogP contribution in [-0.2, 0) is 26.4 Å². The molecule has 3 rings (SSSR count). The van der Waals surface area contributed by atoms with Gasteiger partial charge >= 0.3 is 0 Å². The number of hydrogen-bond donors (Lipinski definition) is 0. The van der Waals surface area contributed by atoms with Gasteiger partial charge in [0.25, 0.3) is 0 Å². The molecule has 1 atom stereocenters. The standard InChI is InChI=1S/C20H25NO4S2/c1-16(2)18-8-10-20(11-9-18)27(24,25)21(14-17-6-4-3-5-7-17)19-12-13-26(22,23)15-19/h3-11,16,19H,12-15H2,1-2H3/t19-/m0/s1. The molecule has 0 N–H and O–H groups in total. The van der Waals surface area contributed by atoms with Crippen molar-refractivity contribution in [1.29, 1.82) is 0 Å². The van der Waals surface area contributed by atoms with Gasteiger partial charge in [-0.2, -0.15) is 4.31 Å². The summed E-state index contributed by atoms with van der Waals surface area (Å²) in [6, 6.07) is 15.6. The second kappa shape index (κ2) is 7.73. The van der Waals surface area contributed by atoms with Gasteiger partial charge in [0, 0.05) is 12.6 Å². The van der Waals surface area contributed by atoms with E-state index in [0.29, 0.717) is 12.3 Å². The summed E-state index contributed by atoms with van der Waals surface area (Å²) in [5.74, 6) is 0.218. The molecule has 0 aliphatic carbocycles. The van der Waals surface area contributed by atoms with E-state index < -0.39 is 25.9 Å². The highest BCUT2D eigenvalue weighted by atomic mass is 32.2. The maximum atomic E-state index is 13.3. The van der Waals surface area contributed by atoms with Crippen LogP contribution in [-0.4, -0.2) is 38.7 Å². The summed E-state index contributed by atoms with van der Waals surface area (Å²) in [5.41, 5.74) is 1.90. The Balaban J connectivity index is 1.97. The second-order valence-electron chi connectivity index (χ2n) is 7.32. The number of hydrogen-bond acceptors (Lipinski definition) is 4. The zero-order valence-electron chi connectivity index (χ0n) is 15.6. The molecule has 1 fully saturated rings. The van der Waals surface area contributed by atoms with E-state index in [0.717, 1.165) is 11.1 Å². The molecule has 0 spiro atoms. The predicted octanol–water partition coefficient (Wildman–Crippen LogP) is 3.19. The first-order chi connectivity index (χ1) is 12.7. The molecule has 0 saturated carbocycles. The Hall–Kier alpha value is -1.70. The van der Waals surface area contributed by atoms with Crippen molar-refractivity contribution in [2.75, 3.05) is 11.5 Å². The Morgan fingerprint density at radius 1 is 1.04 bits per heavy atom. The van der Waals surface area contributed by atoms with Gasteiger partial charge in [-0.3, -0.25) is 0 Å². The van der Waals surface area contributed by atoms with Gasteiger partial charge in [-0.05, 0) is 35.6 Å². The molecule has 1 heterocycles. The predicted molar refractivity (Wildman–Crippen MR) is 107 cm³/mol. The number of benzene rings is 2. The topological polar surface area (TPSA) is 71.5 Å². The van der Waals surface area contributed by atoms with Gasteiger partial charge in [-0.25, -0.2) is 16.8 Å². The first kappa shape index (κ1) is 20.0. The van der Waals surface area contributed by atoms with Crippen molar-refractivity contribution in [3.63, 3.8) is 0 Å². The van der Waals surface area contributed by atoms with Crippen molar-refractivity contribution in [1.82, 2.24) is 4.31 Å². The number of sulfonamides is 1. The van der Waals surface area contributed by atoms with E-state index in [9.17, 15) is 16.8 Å². The molecule has 0 aromatic heterocycles. The number of sulfone groups is 1. The zero-order valence-corrected chi connectivity index (χ0v) is 17.2. The van der Waals surface area contributed by atoms with Crippen LogP contribution in [0.15, 0.2) is 59.5 Å². The van der Waals surface area contributed by atoms with Crippen molar-refractivity contribution < 1.29 is 16.8 Å². The highest BCUT2D eigenvalue weighted by molar-refractivity contribution is 7.92. The highest BCUT2D eigenvalue weighted by Crippen LogP contribution is 2.28. The average molecular weight is 408 g/mol. The molecule has 2 aromatic carbocycles. The Kier molecular flexibility index (Phi) is 5.74. The van der Waals surface area contributed by atoms with Gasteiger partial charge in [-0.1, -0.05) is 56.3 Å². The van der Waals surface area contributed by atoms with Crippen molar-refractivity contribution in [2.24, 2.45) is 0 Å². The van der Waals surface area contributed by atoms with Gasteiger partial charge in [0.15, 0.2) is 9.84 Å². The quantitative estimate of drug-likeness (QED) is 0.737. The first-order valence-electron chi connectivity index (χ1n) is 9.05. The smallest absolute Gasteiger partial charge is 0.229 e. The fourth-order valence-electron chi connectivity index (χ4n) is 3.34. The van der Waals surface area contributed by atoms with E-state index in [1.807, 2.05) is 42.5 Å². The maximum absolute atomic E-state index is 13.3. The van der Waals surface area contributed by atoms with Crippen LogP contribution < -0.4 is 0 Å². The van der Waals surface area contributed by atoms with E-state index in [-0.39, 0.29) is 22.9 Å². The molecule has 27 heavy (non-hydrogen) atoms. The lowest BCUT2D eigenvalue weighted by Gasteiger charge is -2.27. The van der Waals surface area contributed by atoms with E-state index in [4.69, 9.17) is 0 Å². The SMILES string of the molecule is CC(C)c1ccc(S(=O)(=O)N(Cc2ccccc2)[C@H]2CCS(=O)(=O)C2)cc1. The van der Waals surface area contributed by atoms with Crippen LogP contribution in [0.1, 0.15) is 37.3 Å². The summed E-state index contributed by atoms with van der Waals surface area (Å²) >= 11 is 0. The molecule has 1 saturated heterocycles. The minimum atomic E-state index is -3.81. The molecule has 1 aliphatic rings. The van der Waals surface area contributed by atoms with Gasteiger partial charge in [0.1, 0.15) is 0 Å². The van der Waals surface area contributed by atoms with Gasteiger partial charge in [0.05, 0.1) is 16.4 Å². The van der Waals surface area contributed by atoms with Crippen molar-refractivity contribution in [2.45, 2.75) is 43.7 Å². The summed E-state index contributed by atoms with van der Waals surface area (Å²) in [6.07, 6.45) is 0.332. The molecular weight excluding hydrogens is 382 g/mol. The van der Waals surface area contributed by atoms with Crippen LogP contribution in [0.5, 0.6) is 0 Å². The van der Waals surface area contributed by atoms with Crippen molar-refractivity contribution in [3.8, 4) is 0 Å². The third-order valence-corrected chi connectivity index (χ3v) is 8.61. The molecule has 0 bridgehead atoms. The average Bonchev–Trinajstić information content (AvgIpc) is 3.00. The number of rotatable bonds is 6. The first-order valence-corrected chi connectivity index (χ1v) is 12.3. The molecule has 2 aromatic rings. The normalized spacial score (nSPS) is 19.6. The van der Waals surface area contributed by atoms with Gasteiger partial charge in [0.2, 0.25) is 10.0 Å². The highest BCUT2D eigenvalue weighted by Gasteiger charge is 2.38. The summed E-state index contributed by atoms with van der Waals surface area (Å²) in [6.45, 7) is 4.26. The lowest BCUT2D eigenvalue weighted by atomic mass is 10.0. The zero-order chi connectivity index (χ0) is 19.7. The van der Waals surface area contributed by atoms with Crippen LogP contribution in [0.3, 0.4) is 0 Å². The maximum Gasteiger partial charge on any atom is 0.243 e. The van der Waals surface area contributed by atoms with Crippen molar-refractivity contribution in [3.05, 3.63) is 65.7 Å². The van der Waals surface area contributed by atoms with Crippen LogP contribution >= 0.6 is 0 Å². The second-order valence-corrected chi connectivity index (χ2v) is 11.4. The Morgan fingerprint density at radius 3 is 2.19 bits per heavy atom. The molecule has 1 aliphatic heterocycles.